The Bertz CT molecular complexity index is 709. The maximum absolute atomic E-state index is 12.6. The third-order valence-electron chi connectivity index (χ3n) is 2.83. The Kier molecular flexibility index (Phi) is 4.20. The number of sulfone groups is 1. The maximum Gasteiger partial charge on any atom is 0.224 e. The van der Waals surface area contributed by atoms with Gasteiger partial charge in [-0.25, -0.2) is 8.42 Å². The van der Waals surface area contributed by atoms with E-state index >= 15 is 0 Å². The van der Waals surface area contributed by atoms with Crippen molar-refractivity contribution in [3.8, 4) is 0 Å². The molecule has 0 atom stereocenters. The average Bonchev–Trinajstić information content (AvgIpc) is 2.48. The molecule has 2 aromatic rings. The minimum Gasteiger partial charge on any atom is -0.325 e. The minimum absolute atomic E-state index is 0.105. The second kappa shape index (κ2) is 5.88. The molecule has 0 saturated carbocycles. The molecule has 0 fully saturated rings. The van der Waals surface area contributed by atoms with E-state index in [1.807, 2.05) is 0 Å². The zero-order valence-corrected chi connectivity index (χ0v) is 11.9. The first-order valence-electron chi connectivity index (χ1n) is 6.24. The fraction of sp³-hybridized carbons (Fsp3) is 0.133. The molecular weight excluding hydrogens is 274 g/mol. The van der Waals surface area contributed by atoms with Crippen molar-refractivity contribution < 1.29 is 13.2 Å². The molecular formula is C15H15NO3S. The van der Waals surface area contributed by atoms with Gasteiger partial charge in [-0.3, -0.25) is 4.79 Å². The lowest BCUT2D eigenvalue weighted by Crippen LogP contribution is -2.13. The van der Waals surface area contributed by atoms with Gasteiger partial charge in [0.15, 0.2) is 0 Å². The first kappa shape index (κ1) is 14.3. The van der Waals surface area contributed by atoms with Crippen molar-refractivity contribution >= 4 is 21.4 Å². The first-order valence-corrected chi connectivity index (χ1v) is 7.73. The molecule has 0 aliphatic rings. The van der Waals surface area contributed by atoms with Crippen molar-refractivity contribution in [3.63, 3.8) is 0 Å². The van der Waals surface area contributed by atoms with E-state index in [-0.39, 0.29) is 15.7 Å². The van der Waals surface area contributed by atoms with Gasteiger partial charge in [0.25, 0.3) is 0 Å². The van der Waals surface area contributed by atoms with E-state index < -0.39 is 9.84 Å². The number of rotatable bonds is 4. The predicted octanol–water partition coefficient (Wildman–Crippen LogP) is 2.87. The molecule has 0 aliphatic heterocycles. The summed E-state index contributed by atoms with van der Waals surface area (Å²) in [5.41, 5.74) is 0.309. The largest absolute Gasteiger partial charge is 0.325 e. The fourth-order valence-corrected chi connectivity index (χ4v) is 3.21. The highest BCUT2D eigenvalue weighted by molar-refractivity contribution is 7.91. The standard InChI is InChI=1S/C15H15NO3S/c1-2-15(17)16-13-10-6-7-11-14(13)20(18,19)12-8-4-3-5-9-12/h3-11H,2H2,1H3,(H,16,17). The highest BCUT2D eigenvalue weighted by atomic mass is 32.2. The molecule has 20 heavy (non-hydrogen) atoms. The number of hydrogen-bond acceptors (Lipinski definition) is 3. The Balaban J connectivity index is 2.50. The summed E-state index contributed by atoms with van der Waals surface area (Å²) in [7, 11) is -3.64. The molecule has 0 radical (unpaired) electrons. The van der Waals surface area contributed by atoms with Crippen molar-refractivity contribution in [2.24, 2.45) is 0 Å². The normalized spacial score (nSPS) is 11.1. The van der Waals surface area contributed by atoms with E-state index in [0.29, 0.717) is 12.1 Å². The zero-order valence-electron chi connectivity index (χ0n) is 11.0. The second-order valence-corrected chi connectivity index (χ2v) is 6.13. The average molecular weight is 289 g/mol. The molecule has 1 amide bonds. The van der Waals surface area contributed by atoms with Gasteiger partial charge in [-0.1, -0.05) is 37.3 Å². The van der Waals surface area contributed by atoms with E-state index in [1.165, 1.54) is 18.2 Å². The number of anilines is 1. The van der Waals surface area contributed by atoms with Crippen LogP contribution in [0.4, 0.5) is 5.69 Å². The van der Waals surface area contributed by atoms with Gasteiger partial charge < -0.3 is 5.32 Å². The van der Waals surface area contributed by atoms with Crippen molar-refractivity contribution in [2.45, 2.75) is 23.1 Å². The van der Waals surface area contributed by atoms with Crippen LogP contribution in [0.1, 0.15) is 13.3 Å². The van der Waals surface area contributed by atoms with E-state index in [1.54, 1.807) is 43.3 Å². The molecule has 0 bridgehead atoms. The Labute approximate surface area is 118 Å². The second-order valence-electron chi connectivity index (χ2n) is 4.21. The van der Waals surface area contributed by atoms with Crippen LogP contribution in [0.3, 0.4) is 0 Å². The highest BCUT2D eigenvalue weighted by Gasteiger charge is 2.21. The van der Waals surface area contributed by atoms with Gasteiger partial charge in [-0.05, 0) is 24.3 Å². The SMILES string of the molecule is CCC(=O)Nc1ccccc1S(=O)(=O)c1ccccc1. The molecule has 0 aromatic heterocycles. The van der Waals surface area contributed by atoms with Gasteiger partial charge >= 0.3 is 0 Å². The lowest BCUT2D eigenvalue weighted by Gasteiger charge is -2.11. The lowest BCUT2D eigenvalue weighted by molar-refractivity contribution is -0.115. The molecule has 2 rings (SSSR count). The number of carbonyl (C=O) groups is 1. The monoisotopic (exact) mass is 289 g/mol. The van der Waals surface area contributed by atoms with Crippen molar-refractivity contribution in [1.29, 1.82) is 0 Å². The van der Waals surface area contributed by atoms with Crippen LogP contribution in [-0.2, 0) is 14.6 Å². The Morgan fingerprint density at radius 1 is 1.00 bits per heavy atom. The van der Waals surface area contributed by atoms with Crippen LogP contribution in [0.15, 0.2) is 64.4 Å². The number of para-hydroxylation sites is 1. The van der Waals surface area contributed by atoms with Gasteiger partial charge in [0, 0.05) is 6.42 Å². The molecule has 0 unspecified atom stereocenters. The van der Waals surface area contributed by atoms with Crippen LogP contribution in [0.25, 0.3) is 0 Å². The van der Waals surface area contributed by atoms with Gasteiger partial charge in [-0.2, -0.15) is 0 Å². The molecule has 0 aliphatic carbocycles. The van der Waals surface area contributed by atoms with Crippen LogP contribution >= 0.6 is 0 Å². The Hall–Kier alpha value is -2.14. The van der Waals surface area contributed by atoms with Crippen LogP contribution in [-0.4, -0.2) is 14.3 Å². The van der Waals surface area contributed by atoms with Gasteiger partial charge in [0.1, 0.15) is 0 Å². The summed E-state index contributed by atoms with van der Waals surface area (Å²) in [6.45, 7) is 1.71. The molecule has 2 aromatic carbocycles. The predicted molar refractivity (Wildman–Crippen MR) is 77.3 cm³/mol. The topological polar surface area (TPSA) is 63.2 Å². The lowest BCUT2D eigenvalue weighted by atomic mass is 10.3. The smallest absolute Gasteiger partial charge is 0.224 e. The summed E-state index contributed by atoms with van der Waals surface area (Å²) in [6, 6.07) is 14.6. The zero-order chi connectivity index (χ0) is 14.6. The van der Waals surface area contributed by atoms with Gasteiger partial charge in [0.2, 0.25) is 15.7 Å². The van der Waals surface area contributed by atoms with E-state index in [9.17, 15) is 13.2 Å². The third-order valence-corrected chi connectivity index (χ3v) is 4.65. The molecule has 1 N–H and O–H groups in total. The van der Waals surface area contributed by atoms with E-state index in [2.05, 4.69) is 5.32 Å². The molecule has 4 nitrogen and oxygen atoms in total. The number of benzene rings is 2. The van der Waals surface area contributed by atoms with Crippen LogP contribution in [0.2, 0.25) is 0 Å². The molecule has 0 heterocycles. The quantitative estimate of drug-likeness (QED) is 0.941. The minimum atomic E-state index is -3.64. The summed E-state index contributed by atoms with van der Waals surface area (Å²) >= 11 is 0. The Morgan fingerprint density at radius 2 is 1.60 bits per heavy atom. The summed E-state index contributed by atoms with van der Waals surface area (Å²) in [5, 5.41) is 2.62. The summed E-state index contributed by atoms with van der Waals surface area (Å²) in [6.07, 6.45) is 0.291. The van der Waals surface area contributed by atoms with Crippen LogP contribution in [0.5, 0.6) is 0 Å². The number of carbonyl (C=O) groups excluding carboxylic acids is 1. The summed E-state index contributed by atoms with van der Waals surface area (Å²) in [5.74, 6) is -0.222. The van der Waals surface area contributed by atoms with Crippen molar-refractivity contribution in [2.75, 3.05) is 5.32 Å². The van der Waals surface area contributed by atoms with Gasteiger partial charge in [0.05, 0.1) is 15.5 Å². The molecule has 0 spiro atoms. The number of amides is 1. The maximum atomic E-state index is 12.6. The fourth-order valence-electron chi connectivity index (χ4n) is 1.77. The van der Waals surface area contributed by atoms with Crippen LogP contribution in [0, 0.1) is 0 Å². The van der Waals surface area contributed by atoms with Crippen LogP contribution < -0.4 is 5.32 Å². The summed E-state index contributed by atoms with van der Waals surface area (Å²) in [4.78, 5) is 11.8. The third kappa shape index (κ3) is 2.88. The highest BCUT2D eigenvalue weighted by Crippen LogP contribution is 2.27. The number of hydrogen-bond donors (Lipinski definition) is 1. The van der Waals surface area contributed by atoms with Crippen molar-refractivity contribution in [3.05, 3.63) is 54.6 Å². The summed E-state index contributed by atoms with van der Waals surface area (Å²) < 4.78 is 25.1. The molecule has 0 saturated heterocycles. The number of nitrogens with one attached hydrogen (secondary N) is 1. The molecule has 104 valence electrons. The first-order chi connectivity index (χ1) is 9.55. The molecule has 5 heteroatoms. The Morgan fingerprint density at radius 3 is 2.25 bits per heavy atom. The van der Waals surface area contributed by atoms with Crippen molar-refractivity contribution in [1.82, 2.24) is 0 Å². The van der Waals surface area contributed by atoms with E-state index in [4.69, 9.17) is 0 Å². The van der Waals surface area contributed by atoms with Gasteiger partial charge in [-0.15, -0.1) is 0 Å². The van der Waals surface area contributed by atoms with E-state index in [0.717, 1.165) is 0 Å².